The number of pyridine rings is 1. The molecule has 0 unspecified atom stereocenters. The number of rotatable bonds is 5. The van der Waals surface area contributed by atoms with Gasteiger partial charge in [0.15, 0.2) is 0 Å². The number of hydrogen-bond acceptors (Lipinski definition) is 2. The molecule has 6 heteroatoms. The van der Waals surface area contributed by atoms with Crippen LogP contribution >= 0.6 is 0 Å². The van der Waals surface area contributed by atoms with Crippen LogP contribution in [0.25, 0.3) is 50.0 Å². The molecule has 8 rings (SSSR count). The van der Waals surface area contributed by atoms with Crippen molar-refractivity contribution >= 4 is 32.8 Å². The van der Waals surface area contributed by atoms with Crippen LogP contribution < -0.4 is 9.30 Å². The Morgan fingerprint density at radius 2 is 1.35 bits per heavy atom. The van der Waals surface area contributed by atoms with Crippen LogP contribution in [0.15, 0.2) is 109 Å². The molecule has 0 aliphatic heterocycles. The van der Waals surface area contributed by atoms with Crippen molar-refractivity contribution in [2.45, 2.75) is 85.4 Å². The van der Waals surface area contributed by atoms with Gasteiger partial charge in [-0.15, -0.1) is 29.7 Å². The fourth-order valence-electron chi connectivity index (χ4n) is 7.35. The molecule has 0 radical (unpaired) electrons. The number of fused-ring (bicyclic) bond motifs is 4. The van der Waals surface area contributed by atoms with Crippen molar-refractivity contribution in [1.82, 2.24) is 14.1 Å². The third kappa shape index (κ3) is 7.04. The Morgan fingerprint density at radius 3 is 2.04 bits per heavy atom. The number of nitrogens with zero attached hydrogens (tertiary/aromatic N) is 4. The Labute approximate surface area is 344 Å². The van der Waals surface area contributed by atoms with Crippen molar-refractivity contribution < 1.29 is 34.5 Å². The molecule has 0 saturated heterocycles. The van der Waals surface area contributed by atoms with Gasteiger partial charge < -0.3 is 13.9 Å². The number of ether oxygens (including phenoxy) is 1. The molecule has 0 saturated carbocycles. The minimum atomic E-state index is -2.25. The van der Waals surface area contributed by atoms with Gasteiger partial charge in [-0.3, -0.25) is 4.57 Å². The molecule has 0 aliphatic carbocycles. The first-order valence-corrected chi connectivity index (χ1v) is 18.6. The van der Waals surface area contributed by atoms with Crippen LogP contribution in [-0.2, 0) is 37.3 Å². The Kier molecular flexibility index (Phi) is 8.74. The second-order valence-electron chi connectivity index (χ2n) is 17.3. The predicted octanol–water partition coefficient (Wildman–Crippen LogP) is 11.8. The van der Waals surface area contributed by atoms with E-state index in [-0.39, 0.29) is 37.3 Å². The van der Waals surface area contributed by atoms with Crippen LogP contribution in [0.1, 0.15) is 88.7 Å². The zero-order valence-corrected chi connectivity index (χ0v) is 35.2. The normalized spacial score (nSPS) is 13.4. The van der Waals surface area contributed by atoms with E-state index >= 15 is 0 Å². The first-order valence-electron chi connectivity index (χ1n) is 20.1. The van der Waals surface area contributed by atoms with Gasteiger partial charge in [-0.1, -0.05) is 128 Å². The molecule has 8 aromatic rings. The summed E-state index contributed by atoms with van der Waals surface area (Å²) in [6.07, 6.45) is 5.54. The number of hydrogen-bond donors (Lipinski definition) is 0. The van der Waals surface area contributed by atoms with E-state index in [2.05, 4.69) is 145 Å². The number of imidazole rings is 1. The van der Waals surface area contributed by atoms with E-state index < -0.39 is 6.85 Å². The Hall–Kier alpha value is -4.99. The summed E-state index contributed by atoms with van der Waals surface area (Å²) in [6, 6.07) is 41.5. The predicted molar refractivity (Wildman–Crippen MR) is 221 cm³/mol. The minimum Gasteiger partial charge on any atom is -0.510 e. The fourth-order valence-corrected chi connectivity index (χ4v) is 7.35. The van der Waals surface area contributed by atoms with E-state index in [1.807, 2.05) is 59.3 Å². The first-order chi connectivity index (χ1) is 26.8. The van der Waals surface area contributed by atoms with Crippen LogP contribution in [-0.4, -0.2) is 14.1 Å². The van der Waals surface area contributed by atoms with Crippen LogP contribution in [0.5, 0.6) is 11.5 Å². The molecule has 0 fully saturated rings. The van der Waals surface area contributed by atoms with Crippen molar-refractivity contribution in [3.63, 3.8) is 0 Å². The van der Waals surface area contributed by atoms with E-state index in [1.165, 1.54) is 5.56 Å². The number of para-hydroxylation sites is 3. The number of aromatic nitrogens is 4. The molecule has 282 valence electrons. The molecule has 0 amide bonds. The second-order valence-corrected chi connectivity index (χ2v) is 17.3. The van der Waals surface area contributed by atoms with E-state index in [0.717, 1.165) is 61.2 Å². The van der Waals surface area contributed by atoms with Crippen LogP contribution in [0, 0.1) is 25.3 Å². The van der Waals surface area contributed by atoms with Crippen molar-refractivity contribution in [1.29, 1.82) is 0 Å². The summed E-state index contributed by atoms with van der Waals surface area (Å²) in [5.41, 5.74) is 8.12. The molecule has 5 nitrogen and oxygen atoms in total. The topological polar surface area (TPSA) is 35.9 Å². The Balaban J connectivity index is 0.00000512. The maximum Gasteiger partial charge on any atom is 0.268 e. The third-order valence-corrected chi connectivity index (χ3v) is 10.1. The smallest absolute Gasteiger partial charge is 0.268 e. The van der Waals surface area contributed by atoms with Gasteiger partial charge in [0.1, 0.15) is 5.82 Å². The zero-order valence-electron chi connectivity index (χ0n) is 35.9. The van der Waals surface area contributed by atoms with Crippen molar-refractivity contribution in [3.8, 4) is 28.7 Å². The molecule has 55 heavy (non-hydrogen) atoms. The third-order valence-electron chi connectivity index (χ3n) is 10.1. The largest absolute Gasteiger partial charge is 0.510 e. The number of aryl methyl sites for hydroxylation is 1. The minimum absolute atomic E-state index is 0. The summed E-state index contributed by atoms with van der Waals surface area (Å²) in [6.45, 7) is 17.1. The molecule has 0 spiro atoms. The summed E-state index contributed by atoms with van der Waals surface area (Å²) in [5, 5.41) is 2.18. The second kappa shape index (κ2) is 13.9. The molecule has 0 atom stereocenters. The van der Waals surface area contributed by atoms with Gasteiger partial charge in [-0.05, 0) is 69.1 Å². The van der Waals surface area contributed by atoms with Gasteiger partial charge >= 0.3 is 0 Å². The van der Waals surface area contributed by atoms with E-state index in [9.17, 15) is 0 Å². The molecule has 3 aromatic heterocycles. The summed E-state index contributed by atoms with van der Waals surface area (Å²) < 4.78 is 37.8. The average Bonchev–Trinajstić information content (AvgIpc) is 3.69. The van der Waals surface area contributed by atoms with Gasteiger partial charge in [0.25, 0.3) is 6.33 Å². The van der Waals surface area contributed by atoms with Gasteiger partial charge in [-0.2, -0.15) is 18.2 Å². The van der Waals surface area contributed by atoms with Gasteiger partial charge in [0.05, 0.1) is 16.7 Å². The van der Waals surface area contributed by atoms with Gasteiger partial charge in [0, 0.05) is 48.4 Å². The standard InChI is InChI=1S/C49H48N4O.Pt/c1-32-26-39(48(5,6)7)46(40(27-32)49(8,9)10)52-31-51(42-20-13-14-21-43(42)52)34-16-15-17-35(29-34)54-36-22-23-38-37-18-11-12-19-41(37)53(44(38)30-36)45-28-33(24-25-50-45)47(2,3)4;/h11-28H,1-10H3;/q-2;/i1D3;. The summed E-state index contributed by atoms with van der Waals surface area (Å²) >= 11 is 0. The monoisotopic (exact) mass is 906 g/mol. The molecule has 5 aromatic carbocycles. The quantitative estimate of drug-likeness (QED) is 0.127. The fraction of sp³-hybridized carbons (Fsp3) is 0.265. The van der Waals surface area contributed by atoms with Crippen LogP contribution in [0.4, 0.5) is 0 Å². The summed E-state index contributed by atoms with van der Waals surface area (Å²) in [7, 11) is 0. The molecule has 3 heterocycles. The zero-order chi connectivity index (χ0) is 40.7. The molecular weight excluding hydrogens is 856 g/mol. The number of benzene rings is 5. The van der Waals surface area contributed by atoms with Crippen LogP contribution in [0.3, 0.4) is 0 Å². The van der Waals surface area contributed by atoms with Gasteiger partial charge in [-0.25, -0.2) is 4.98 Å². The van der Waals surface area contributed by atoms with Crippen molar-refractivity contribution in [2.75, 3.05) is 0 Å². The Bertz CT molecular complexity index is 2790. The van der Waals surface area contributed by atoms with Crippen molar-refractivity contribution in [2.24, 2.45) is 0 Å². The molecule has 0 aliphatic rings. The molecule has 0 bridgehead atoms. The molecule has 0 N–H and O–H groups in total. The summed E-state index contributed by atoms with van der Waals surface area (Å²) in [4.78, 5) is 4.82. The maximum atomic E-state index is 8.33. The SMILES string of the molecule is [2H]C([2H])([2H])c1cc(C(C)(C)C)c(-[n+]2[c-]n(-c3[c-]c(Oc4[c-]c5c(cc4)c4ccccc4n5-c4cc(C(C)(C)C)ccn4)ccc3)c3ccccc32)c(C(C)(C)C)c1.[Pt]. The first kappa shape index (κ1) is 34.5. The average molecular weight is 907 g/mol. The van der Waals surface area contributed by atoms with E-state index in [0.29, 0.717) is 17.1 Å². The molecular formula is C49H48N4OPt-2. The maximum absolute atomic E-state index is 8.33. The van der Waals surface area contributed by atoms with E-state index in [1.54, 1.807) is 0 Å². The van der Waals surface area contributed by atoms with Gasteiger partial charge in [0.2, 0.25) is 0 Å². The van der Waals surface area contributed by atoms with Crippen molar-refractivity contribution in [3.05, 3.63) is 150 Å². The Morgan fingerprint density at radius 1 is 0.673 bits per heavy atom. The summed E-state index contributed by atoms with van der Waals surface area (Å²) in [5.74, 6) is 1.92. The van der Waals surface area contributed by atoms with E-state index in [4.69, 9.17) is 13.8 Å². The van der Waals surface area contributed by atoms with Crippen LogP contribution in [0.2, 0.25) is 0 Å².